The van der Waals surface area contributed by atoms with Crippen molar-refractivity contribution in [1.82, 2.24) is 0 Å². The fourth-order valence-corrected chi connectivity index (χ4v) is 1.95. The normalized spacial score (nSPS) is 15.0. The van der Waals surface area contributed by atoms with E-state index in [1.165, 1.54) is 51.4 Å². The van der Waals surface area contributed by atoms with E-state index in [9.17, 15) is 0 Å². The molecule has 0 aromatic heterocycles. The van der Waals surface area contributed by atoms with Gasteiger partial charge in [0.25, 0.3) is 0 Å². The van der Waals surface area contributed by atoms with Gasteiger partial charge in [0.1, 0.15) is 0 Å². The van der Waals surface area contributed by atoms with Crippen LogP contribution < -0.4 is 4.74 Å². The molecular weight excluding hydrogens is 374 g/mol. The molecule has 2 fully saturated rings. The van der Waals surface area contributed by atoms with Crippen LogP contribution >= 0.6 is 11.6 Å². The molecule has 21 heavy (non-hydrogen) atoms. The summed E-state index contributed by atoms with van der Waals surface area (Å²) < 4.78 is 4.88. The van der Waals surface area contributed by atoms with Crippen LogP contribution in [0.25, 0.3) is 0 Å². The number of ether oxygens (including phenoxy) is 1. The number of hydrogen-bond donors (Lipinski definition) is 0. The first-order valence-corrected chi connectivity index (χ1v) is 7.87. The van der Waals surface area contributed by atoms with Gasteiger partial charge in [0.15, 0.2) is 0 Å². The third kappa shape index (κ3) is 16.2. The molecule has 0 heterocycles. The Hall–Kier alpha value is -0.0277. The summed E-state index contributed by atoms with van der Waals surface area (Å²) in [5, 5.41) is 0. The van der Waals surface area contributed by atoms with Gasteiger partial charge in [0.2, 0.25) is 0 Å². The van der Waals surface area contributed by atoms with Gasteiger partial charge in [0.05, 0.1) is 7.11 Å². The van der Waals surface area contributed by atoms with Crippen LogP contribution in [0.1, 0.15) is 51.4 Å². The molecule has 0 radical (unpaired) electrons. The minimum atomic E-state index is 0. The van der Waals surface area contributed by atoms with Crippen LogP contribution in [0.3, 0.4) is 0 Å². The van der Waals surface area contributed by atoms with Crippen LogP contribution in [0.4, 0.5) is 0 Å². The van der Waals surface area contributed by atoms with E-state index in [4.69, 9.17) is 4.74 Å². The Morgan fingerprint density at radius 3 is 1.71 bits per heavy atom. The standard InChI is InChI=1S/C7H7O.2C5H9.CH2Cl.Pd/c1-8-7-5-3-2-4-6-7;2*1-2-4-5-3-1;1-2;/h2-3,5-6H,1H3;2*1H,2-5H2;1H2;/q4*-1;. The maximum absolute atomic E-state index is 4.88. The number of methoxy groups -OCH3 is 1. The average Bonchev–Trinajstić information content (AvgIpc) is 3.27. The predicted octanol–water partition coefficient (Wildman–Crippen LogP) is 6.04. The zero-order valence-electron chi connectivity index (χ0n) is 12.9. The van der Waals surface area contributed by atoms with Gasteiger partial charge in [-0.25, -0.2) is 0 Å². The van der Waals surface area contributed by atoms with Crippen molar-refractivity contribution >= 4 is 11.6 Å². The third-order valence-corrected chi connectivity index (χ3v) is 3.05. The Morgan fingerprint density at radius 2 is 1.52 bits per heavy atom. The monoisotopic (exact) mass is 400 g/mol. The molecule has 0 aliphatic heterocycles. The molecule has 0 atom stereocenters. The van der Waals surface area contributed by atoms with Crippen LogP contribution in [-0.2, 0) is 20.4 Å². The number of benzene rings is 1. The molecule has 1 nitrogen and oxygen atoms in total. The van der Waals surface area contributed by atoms with E-state index >= 15 is 0 Å². The summed E-state index contributed by atoms with van der Waals surface area (Å²) in [4.78, 5) is 0. The van der Waals surface area contributed by atoms with Crippen LogP contribution in [0.2, 0.25) is 0 Å². The van der Waals surface area contributed by atoms with Crippen molar-refractivity contribution in [3.63, 3.8) is 0 Å². The van der Waals surface area contributed by atoms with Gasteiger partial charge in [-0.05, 0) is 0 Å². The zero-order valence-corrected chi connectivity index (χ0v) is 15.2. The van der Waals surface area contributed by atoms with E-state index in [2.05, 4.69) is 36.9 Å². The summed E-state index contributed by atoms with van der Waals surface area (Å²) >= 11 is 4.39. The van der Waals surface area contributed by atoms with Crippen LogP contribution in [0.5, 0.6) is 5.75 Å². The largest absolute Gasteiger partial charge is 0.554 e. The molecule has 0 saturated heterocycles. The summed E-state index contributed by atoms with van der Waals surface area (Å²) in [6, 6.07) is 10.3. The second kappa shape index (κ2) is 20.0. The summed E-state index contributed by atoms with van der Waals surface area (Å²) in [7, 11) is 1.64. The fourth-order valence-electron chi connectivity index (χ4n) is 1.95. The molecule has 2 aliphatic carbocycles. The summed E-state index contributed by atoms with van der Waals surface area (Å²) in [5.74, 6) is 0.854. The first-order valence-electron chi connectivity index (χ1n) is 7.33. The van der Waals surface area contributed by atoms with Gasteiger partial charge in [0, 0.05) is 26.2 Å². The van der Waals surface area contributed by atoms with Gasteiger partial charge >= 0.3 is 0 Å². The molecule has 0 amide bonds. The van der Waals surface area contributed by atoms with E-state index in [0.29, 0.717) is 0 Å². The van der Waals surface area contributed by atoms with E-state index in [1.54, 1.807) is 13.2 Å². The van der Waals surface area contributed by atoms with Crippen molar-refractivity contribution in [2.75, 3.05) is 7.11 Å². The Bertz CT molecular complexity index is 247. The molecule has 126 valence electrons. The minimum absolute atomic E-state index is 0. The van der Waals surface area contributed by atoms with Crippen LogP contribution in [-0.4, -0.2) is 7.11 Å². The van der Waals surface area contributed by atoms with Crippen molar-refractivity contribution in [2.45, 2.75) is 51.4 Å². The van der Waals surface area contributed by atoms with Gasteiger partial charge < -0.3 is 29.2 Å². The molecule has 0 N–H and O–H groups in total. The molecule has 1 aromatic rings. The summed E-state index contributed by atoms with van der Waals surface area (Å²) in [5.41, 5.74) is 0. The molecule has 0 bridgehead atoms. The maximum atomic E-state index is 4.88. The van der Waals surface area contributed by atoms with Gasteiger partial charge in [-0.15, -0.1) is 12.1 Å². The fraction of sp³-hybridized carbons (Fsp3) is 0.500. The summed E-state index contributed by atoms with van der Waals surface area (Å²) in [6.07, 6.45) is 18.7. The second-order valence-electron chi connectivity index (χ2n) is 4.59. The number of rotatable bonds is 1. The molecule has 3 rings (SSSR count). The Balaban J connectivity index is 0. The first-order chi connectivity index (χ1) is 9.93. The SMILES string of the molecule is COc1c[c-]ccc1.[CH-]1CCCC1.[CH-]1CCCC1.[CH2-]Cl.[Pd]. The molecular formula is C18H27ClOPd-4. The Morgan fingerprint density at radius 1 is 1.05 bits per heavy atom. The molecule has 0 spiro atoms. The average molecular weight is 401 g/mol. The van der Waals surface area contributed by atoms with Crippen LogP contribution in [0, 0.1) is 25.3 Å². The molecule has 3 heteroatoms. The van der Waals surface area contributed by atoms with E-state index in [-0.39, 0.29) is 20.4 Å². The predicted molar refractivity (Wildman–Crippen MR) is 88.6 cm³/mol. The first kappa shape index (κ1) is 23.2. The number of halogens is 1. The molecule has 1 aromatic carbocycles. The third-order valence-electron chi connectivity index (χ3n) is 3.05. The van der Waals surface area contributed by atoms with Crippen molar-refractivity contribution in [1.29, 1.82) is 0 Å². The van der Waals surface area contributed by atoms with Crippen molar-refractivity contribution in [3.8, 4) is 5.75 Å². The smallest absolute Gasteiger partial charge is 0.0606 e. The number of hydrogen-bond acceptors (Lipinski definition) is 1. The Kier molecular flexibility index (Phi) is 22.1. The van der Waals surface area contributed by atoms with Crippen molar-refractivity contribution in [2.24, 2.45) is 0 Å². The zero-order chi connectivity index (χ0) is 14.9. The Labute approximate surface area is 150 Å². The molecule has 2 aliphatic rings. The van der Waals surface area contributed by atoms with Gasteiger partial charge in [-0.2, -0.15) is 43.9 Å². The quantitative estimate of drug-likeness (QED) is 0.412. The van der Waals surface area contributed by atoms with Gasteiger partial charge in [-0.3, -0.25) is 6.38 Å². The maximum Gasteiger partial charge on any atom is 0.0606 e. The van der Waals surface area contributed by atoms with E-state index in [0.717, 1.165) is 5.75 Å². The molecule has 2 saturated carbocycles. The minimum Gasteiger partial charge on any atom is -0.554 e. The second-order valence-corrected chi connectivity index (χ2v) is 4.59. The van der Waals surface area contributed by atoms with Gasteiger partial charge in [-0.1, -0.05) is 25.7 Å². The van der Waals surface area contributed by atoms with Crippen LogP contribution in [0.15, 0.2) is 24.3 Å². The molecule has 0 unspecified atom stereocenters. The van der Waals surface area contributed by atoms with Crippen molar-refractivity contribution < 1.29 is 25.2 Å². The van der Waals surface area contributed by atoms with Crippen molar-refractivity contribution in [3.05, 3.63) is 49.6 Å². The topological polar surface area (TPSA) is 9.23 Å². The van der Waals surface area contributed by atoms with E-state index < -0.39 is 0 Å². The van der Waals surface area contributed by atoms with E-state index in [1.807, 2.05) is 18.2 Å². The summed E-state index contributed by atoms with van der Waals surface area (Å²) in [6.45, 7) is 0.